The van der Waals surface area contributed by atoms with E-state index in [9.17, 15) is 9.18 Å². The van der Waals surface area contributed by atoms with Crippen molar-refractivity contribution in [1.82, 2.24) is 10.3 Å². The van der Waals surface area contributed by atoms with Crippen molar-refractivity contribution < 1.29 is 9.18 Å². The van der Waals surface area contributed by atoms with Crippen LogP contribution in [0, 0.1) is 5.82 Å². The number of nitrogens with zero attached hydrogens (tertiary/aromatic N) is 1. The molecule has 1 amide bonds. The Labute approximate surface area is 162 Å². The highest BCUT2D eigenvalue weighted by atomic mass is 35.5. The van der Waals surface area contributed by atoms with Gasteiger partial charge in [-0.25, -0.2) is 9.37 Å². The standard InChI is InChI=1S/C22H18ClFN2O/c1-15(26-22(27)11-8-16-4-2-7-20(24)12-16)17-5-3-6-18(13-17)19-9-10-21(23)25-14-19/h2-15H,1H3,(H,26,27)/b11-8+. The lowest BCUT2D eigenvalue weighted by molar-refractivity contribution is -0.117. The van der Waals surface area contributed by atoms with E-state index in [0.717, 1.165) is 16.7 Å². The van der Waals surface area contributed by atoms with Gasteiger partial charge in [-0.3, -0.25) is 4.79 Å². The Morgan fingerprint density at radius 3 is 2.67 bits per heavy atom. The first-order valence-corrected chi connectivity index (χ1v) is 8.85. The van der Waals surface area contributed by atoms with E-state index in [1.54, 1.807) is 30.5 Å². The van der Waals surface area contributed by atoms with E-state index in [0.29, 0.717) is 10.7 Å². The molecule has 0 bridgehead atoms. The van der Waals surface area contributed by atoms with Crippen molar-refractivity contribution in [3.63, 3.8) is 0 Å². The zero-order valence-electron chi connectivity index (χ0n) is 14.7. The van der Waals surface area contributed by atoms with Crippen molar-refractivity contribution in [2.75, 3.05) is 0 Å². The molecule has 0 saturated heterocycles. The molecule has 0 spiro atoms. The Hall–Kier alpha value is -2.98. The minimum absolute atomic E-state index is 0.185. The molecule has 0 aliphatic heterocycles. The predicted molar refractivity (Wildman–Crippen MR) is 107 cm³/mol. The third kappa shape index (κ3) is 5.25. The number of aromatic nitrogens is 1. The average molecular weight is 381 g/mol. The van der Waals surface area contributed by atoms with Gasteiger partial charge >= 0.3 is 0 Å². The fourth-order valence-electron chi connectivity index (χ4n) is 2.66. The van der Waals surface area contributed by atoms with E-state index in [-0.39, 0.29) is 17.8 Å². The monoisotopic (exact) mass is 380 g/mol. The summed E-state index contributed by atoms with van der Waals surface area (Å²) in [6.07, 6.45) is 4.70. The molecule has 2 aromatic carbocycles. The quantitative estimate of drug-likeness (QED) is 0.473. The van der Waals surface area contributed by atoms with Crippen LogP contribution in [0.5, 0.6) is 0 Å². The summed E-state index contributed by atoms with van der Waals surface area (Å²) in [6.45, 7) is 1.91. The molecule has 3 rings (SSSR count). The van der Waals surface area contributed by atoms with Crippen molar-refractivity contribution in [1.29, 1.82) is 0 Å². The minimum Gasteiger partial charge on any atom is -0.346 e. The smallest absolute Gasteiger partial charge is 0.244 e. The van der Waals surface area contributed by atoms with Crippen LogP contribution in [0.2, 0.25) is 5.15 Å². The van der Waals surface area contributed by atoms with Crippen LogP contribution in [-0.4, -0.2) is 10.9 Å². The van der Waals surface area contributed by atoms with E-state index < -0.39 is 0 Å². The molecule has 3 nitrogen and oxygen atoms in total. The highest BCUT2D eigenvalue weighted by Gasteiger charge is 2.09. The molecule has 0 fully saturated rings. The number of hydrogen-bond donors (Lipinski definition) is 1. The van der Waals surface area contributed by atoms with Gasteiger partial charge in [0.2, 0.25) is 5.91 Å². The summed E-state index contributed by atoms with van der Waals surface area (Å²) < 4.78 is 13.2. The number of hydrogen-bond acceptors (Lipinski definition) is 2. The first-order chi connectivity index (χ1) is 13.0. The SMILES string of the molecule is CC(NC(=O)/C=C/c1cccc(F)c1)c1cccc(-c2ccc(Cl)nc2)c1. The number of amides is 1. The summed E-state index contributed by atoms with van der Waals surface area (Å²) >= 11 is 5.83. The van der Waals surface area contributed by atoms with E-state index in [4.69, 9.17) is 11.6 Å². The molecule has 0 radical (unpaired) electrons. The third-order valence-corrected chi connectivity index (χ3v) is 4.31. The van der Waals surface area contributed by atoms with Gasteiger partial charge in [-0.1, -0.05) is 41.9 Å². The third-order valence-electron chi connectivity index (χ3n) is 4.08. The molecule has 0 aliphatic rings. The van der Waals surface area contributed by atoms with Crippen LogP contribution in [0.1, 0.15) is 24.1 Å². The van der Waals surface area contributed by atoms with Crippen molar-refractivity contribution >= 4 is 23.6 Å². The molecule has 1 N–H and O–H groups in total. The minimum atomic E-state index is -0.334. The number of benzene rings is 2. The van der Waals surface area contributed by atoms with Crippen LogP contribution < -0.4 is 5.32 Å². The fraction of sp³-hybridized carbons (Fsp3) is 0.0909. The number of carbonyl (C=O) groups excluding carboxylic acids is 1. The molecule has 1 unspecified atom stereocenters. The van der Waals surface area contributed by atoms with Gasteiger partial charge in [0.25, 0.3) is 0 Å². The number of rotatable bonds is 5. The Kier molecular flexibility index (Phi) is 5.99. The van der Waals surface area contributed by atoms with Gasteiger partial charge in [0.1, 0.15) is 11.0 Å². The Balaban J connectivity index is 1.68. The van der Waals surface area contributed by atoms with Crippen LogP contribution in [0.4, 0.5) is 4.39 Å². The van der Waals surface area contributed by atoms with Gasteiger partial charge in [0.05, 0.1) is 6.04 Å². The fourth-order valence-corrected chi connectivity index (χ4v) is 2.77. The van der Waals surface area contributed by atoms with Crippen LogP contribution in [-0.2, 0) is 4.79 Å². The number of pyridine rings is 1. The molecule has 136 valence electrons. The normalized spacial score (nSPS) is 12.1. The summed E-state index contributed by atoms with van der Waals surface area (Å²) in [6, 6.07) is 17.4. The second-order valence-corrected chi connectivity index (χ2v) is 6.50. The van der Waals surface area contributed by atoms with Crippen molar-refractivity contribution in [2.45, 2.75) is 13.0 Å². The molecule has 0 saturated carbocycles. The van der Waals surface area contributed by atoms with Gasteiger partial charge < -0.3 is 5.32 Å². The zero-order chi connectivity index (χ0) is 19.2. The highest BCUT2D eigenvalue weighted by molar-refractivity contribution is 6.29. The van der Waals surface area contributed by atoms with Crippen molar-refractivity contribution in [2.24, 2.45) is 0 Å². The summed E-state index contributed by atoms with van der Waals surface area (Å²) in [7, 11) is 0. The lowest BCUT2D eigenvalue weighted by Gasteiger charge is -2.14. The van der Waals surface area contributed by atoms with Crippen LogP contribution >= 0.6 is 11.6 Å². The molecule has 3 aromatic rings. The maximum atomic E-state index is 13.2. The van der Waals surface area contributed by atoms with Crippen molar-refractivity contribution in [3.05, 3.63) is 95.0 Å². The van der Waals surface area contributed by atoms with E-state index >= 15 is 0 Å². The first-order valence-electron chi connectivity index (χ1n) is 8.47. The van der Waals surface area contributed by atoms with Crippen LogP contribution in [0.25, 0.3) is 17.2 Å². The second kappa shape index (κ2) is 8.60. The number of halogens is 2. The molecule has 1 atom stereocenters. The van der Waals surface area contributed by atoms with Gasteiger partial charge in [0.15, 0.2) is 0 Å². The molecule has 0 aliphatic carbocycles. The lowest BCUT2D eigenvalue weighted by Crippen LogP contribution is -2.24. The zero-order valence-corrected chi connectivity index (χ0v) is 15.5. The van der Waals surface area contributed by atoms with Crippen LogP contribution in [0.3, 0.4) is 0 Å². The Morgan fingerprint density at radius 1 is 1.11 bits per heavy atom. The van der Waals surface area contributed by atoms with Gasteiger partial charge in [-0.05, 0) is 60.0 Å². The van der Waals surface area contributed by atoms with Gasteiger partial charge in [-0.2, -0.15) is 0 Å². The summed E-state index contributed by atoms with van der Waals surface area (Å²) in [5.74, 6) is -0.579. The molecule has 1 aromatic heterocycles. The maximum absolute atomic E-state index is 13.2. The molecular weight excluding hydrogens is 363 g/mol. The Morgan fingerprint density at radius 2 is 1.93 bits per heavy atom. The Bertz CT molecular complexity index is 970. The van der Waals surface area contributed by atoms with E-state index in [1.807, 2.05) is 37.3 Å². The number of nitrogens with one attached hydrogen (secondary N) is 1. The molecule has 5 heteroatoms. The van der Waals surface area contributed by atoms with E-state index in [2.05, 4.69) is 10.3 Å². The topological polar surface area (TPSA) is 42.0 Å². The first kappa shape index (κ1) is 18.8. The predicted octanol–water partition coefficient (Wildman–Crippen LogP) is 5.43. The lowest BCUT2D eigenvalue weighted by atomic mass is 10.0. The van der Waals surface area contributed by atoms with Crippen LogP contribution in [0.15, 0.2) is 72.9 Å². The van der Waals surface area contributed by atoms with E-state index in [1.165, 1.54) is 18.2 Å². The molecular formula is C22H18ClFN2O. The summed E-state index contributed by atoms with van der Waals surface area (Å²) in [5.41, 5.74) is 3.55. The van der Waals surface area contributed by atoms with Gasteiger partial charge in [-0.15, -0.1) is 0 Å². The van der Waals surface area contributed by atoms with Crippen molar-refractivity contribution in [3.8, 4) is 11.1 Å². The highest BCUT2D eigenvalue weighted by Crippen LogP contribution is 2.23. The summed E-state index contributed by atoms with van der Waals surface area (Å²) in [5, 5.41) is 3.36. The largest absolute Gasteiger partial charge is 0.346 e. The average Bonchev–Trinajstić information content (AvgIpc) is 2.67. The summed E-state index contributed by atoms with van der Waals surface area (Å²) in [4.78, 5) is 16.3. The molecule has 1 heterocycles. The van der Waals surface area contributed by atoms with Gasteiger partial charge in [0, 0.05) is 17.8 Å². The maximum Gasteiger partial charge on any atom is 0.244 e. The second-order valence-electron chi connectivity index (χ2n) is 6.11. The molecule has 27 heavy (non-hydrogen) atoms. The number of carbonyl (C=O) groups is 1.